The summed E-state index contributed by atoms with van der Waals surface area (Å²) in [4.78, 5) is 13.9. The Hall–Kier alpha value is -3.27. The van der Waals surface area contributed by atoms with Crippen LogP contribution in [-0.4, -0.2) is 76.6 Å². The molecule has 0 saturated carbocycles. The van der Waals surface area contributed by atoms with Gasteiger partial charge in [-0.3, -0.25) is 4.90 Å². The molecule has 8 rings (SSSR count). The molecule has 10 heteroatoms. The highest BCUT2D eigenvalue weighted by atomic mass is 35.5. The van der Waals surface area contributed by atoms with Crippen LogP contribution in [0.5, 0.6) is 11.8 Å². The van der Waals surface area contributed by atoms with Gasteiger partial charge in [0, 0.05) is 49.1 Å². The molecule has 0 spiro atoms. The van der Waals surface area contributed by atoms with Crippen LogP contribution < -0.4 is 15.0 Å². The Bertz CT molecular complexity index is 1780. The van der Waals surface area contributed by atoms with Crippen molar-refractivity contribution < 1.29 is 18.6 Å². The summed E-state index contributed by atoms with van der Waals surface area (Å²) in [7, 11) is 0. The number of benzene rings is 3. The van der Waals surface area contributed by atoms with Crippen LogP contribution in [0.1, 0.15) is 44.6 Å². The van der Waals surface area contributed by atoms with Crippen molar-refractivity contribution in [3.63, 3.8) is 0 Å². The van der Waals surface area contributed by atoms with Crippen LogP contribution in [0.4, 0.5) is 14.6 Å². The second-order valence-electron chi connectivity index (χ2n) is 13.0. The van der Waals surface area contributed by atoms with E-state index in [1.165, 1.54) is 0 Å². The van der Waals surface area contributed by atoms with Crippen molar-refractivity contribution in [2.24, 2.45) is 0 Å². The fraction of sp³-hybridized carbons (Fsp3) is 0.471. The van der Waals surface area contributed by atoms with Crippen LogP contribution >= 0.6 is 11.6 Å². The van der Waals surface area contributed by atoms with Crippen molar-refractivity contribution in [3.8, 4) is 22.9 Å². The minimum atomic E-state index is -0.879. The molecule has 0 aliphatic carbocycles. The van der Waals surface area contributed by atoms with Crippen molar-refractivity contribution in [1.29, 1.82) is 0 Å². The van der Waals surface area contributed by atoms with Gasteiger partial charge in [0.15, 0.2) is 5.82 Å². The van der Waals surface area contributed by atoms with E-state index < -0.39 is 12.0 Å². The van der Waals surface area contributed by atoms with Crippen LogP contribution in [-0.2, 0) is 6.42 Å². The first-order valence-corrected chi connectivity index (χ1v) is 16.2. The standard InChI is InChI=1S/C34H36ClF2N5O2/c1-2-19-5-3-6-20-11-24(43)12-25(28(19)20)29-27(35)13-26-31(30(29)37)39-33(40-32(26)41-16-22-7-8-23(17-41)38-22)44-18-34-9-4-10-42(34)15-21(36)14-34/h3,5-6,11-13,21-23,38,43H,2,4,7-10,14-18H2,1H3/t21-,22-,23+,34+/m1/s1. The number of phenolic OH excluding ortho intramolecular Hbond substituents is 1. The fourth-order valence-electron chi connectivity index (χ4n) is 8.31. The zero-order valence-corrected chi connectivity index (χ0v) is 25.5. The third-order valence-corrected chi connectivity index (χ3v) is 10.6. The van der Waals surface area contributed by atoms with E-state index in [4.69, 9.17) is 21.3 Å². The van der Waals surface area contributed by atoms with E-state index >= 15 is 4.39 Å². The van der Waals surface area contributed by atoms with E-state index in [9.17, 15) is 9.50 Å². The third kappa shape index (κ3) is 4.58. The third-order valence-electron chi connectivity index (χ3n) is 10.3. The number of nitrogens with one attached hydrogen (secondary N) is 1. The van der Waals surface area contributed by atoms with Crippen LogP contribution in [0, 0.1) is 5.82 Å². The molecule has 4 aliphatic rings. The predicted molar refractivity (Wildman–Crippen MR) is 169 cm³/mol. The average Bonchev–Trinajstić information content (AvgIpc) is 3.65. The topological polar surface area (TPSA) is 73.8 Å². The van der Waals surface area contributed by atoms with Gasteiger partial charge in [-0.05, 0) is 78.7 Å². The normalized spacial score (nSPS) is 26.6. The van der Waals surface area contributed by atoms with E-state index in [0.717, 1.165) is 68.1 Å². The molecule has 4 aromatic rings. The molecule has 2 N–H and O–H groups in total. The summed E-state index contributed by atoms with van der Waals surface area (Å²) in [6.45, 7) is 5.05. The van der Waals surface area contributed by atoms with E-state index in [1.54, 1.807) is 18.2 Å². The van der Waals surface area contributed by atoms with Crippen molar-refractivity contribution in [2.75, 3.05) is 37.7 Å². The minimum absolute atomic E-state index is 0.0307. The number of hydrogen-bond donors (Lipinski definition) is 2. The average molecular weight is 620 g/mol. The molecule has 4 saturated heterocycles. The molecule has 44 heavy (non-hydrogen) atoms. The Morgan fingerprint density at radius 1 is 1.14 bits per heavy atom. The minimum Gasteiger partial charge on any atom is -0.508 e. The summed E-state index contributed by atoms with van der Waals surface area (Å²) in [5, 5.41) is 16.7. The summed E-state index contributed by atoms with van der Waals surface area (Å²) in [5.74, 6) is 0.0479. The molecule has 3 aromatic carbocycles. The molecule has 2 bridgehead atoms. The number of aromatic nitrogens is 2. The van der Waals surface area contributed by atoms with Gasteiger partial charge in [0.1, 0.15) is 29.9 Å². The molecule has 4 atom stereocenters. The van der Waals surface area contributed by atoms with Gasteiger partial charge in [-0.15, -0.1) is 0 Å². The van der Waals surface area contributed by atoms with Gasteiger partial charge < -0.3 is 20.1 Å². The zero-order chi connectivity index (χ0) is 30.2. The van der Waals surface area contributed by atoms with Crippen LogP contribution in [0.2, 0.25) is 5.02 Å². The van der Waals surface area contributed by atoms with E-state index in [-0.39, 0.29) is 40.0 Å². The summed E-state index contributed by atoms with van der Waals surface area (Å²) in [6, 6.07) is 11.6. The molecule has 1 aromatic heterocycles. The van der Waals surface area contributed by atoms with Gasteiger partial charge in [0.25, 0.3) is 0 Å². The Kier molecular flexibility index (Phi) is 6.84. The van der Waals surface area contributed by atoms with Crippen LogP contribution in [0.3, 0.4) is 0 Å². The molecule has 5 heterocycles. The monoisotopic (exact) mass is 619 g/mol. The van der Waals surface area contributed by atoms with Gasteiger partial charge >= 0.3 is 6.01 Å². The maximum Gasteiger partial charge on any atom is 0.319 e. The fourth-order valence-corrected chi connectivity index (χ4v) is 8.61. The summed E-state index contributed by atoms with van der Waals surface area (Å²) in [5.41, 5.74) is 1.47. The first kappa shape index (κ1) is 28.2. The maximum atomic E-state index is 17.0. The molecule has 4 aliphatic heterocycles. The summed E-state index contributed by atoms with van der Waals surface area (Å²) >= 11 is 6.95. The van der Waals surface area contributed by atoms with Gasteiger partial charge in [-0.2, -0.15) is 9.97 Å². The highest BCUT2D eigenvalue weighted by molar-refractivity contribution is 6.35. The molecular weight excluding hydrogens is 584 g/mol. The SMILES string of the molecule is CCc1cccc2cc(O)cc(-c3c(Cl)cc4c(N5C[C@H]6CC[C@@H](C5)N6)nc(OC[C@@]56CCCN5C[C@H](F)C6)nc4c3F)c12. The lowest BCUT2D eigenvalue weighted by Gasteiger charge is -2.34. The summed E-state index contributed by atoms with van der Waals surface area (Å²) < 4.78 is 37.8. The quantitative estimate of drug-likeness (QED) is 0.259. The first-order valence-electron chi connectivity index (χ1n) is 15.8. The molecule has 0 radical (unpaired) electrons. The lowest BCUT2D eigenvalue weighted by Crippen LogP contribution is -2.51. The maximum absolute atomic E-state index is 17.0. The number of hydrogen-bond acceptors (Lipinski definition) is 7. The molecule has 230 valence electrons. The number of alkyl halides is 1. The molecule has 4 fully saturated rings. The number of phenols is 1. The smallest absolute Gasteiger partial charge is 0.319 e. The molecule has 0 unspecified atom stereocenters. The number of nitrogens with zero attached hydrogens (tertiary/aromatic N) is 4. The first-order chi connectivity index (χ1) is 21.3. The Balaban J connectivity index is 1.29. The predicted octanol–water partition coefficient (Wildman–Crippen LogP) is 6.41. The Morgan fingerprint density at radius 3 is 2.75 bits per heavy atom. The highest BCUT2D eigenvalue weighted by Gasteiger charge is 2.49. The van der Waals surface area contributed by atoms with E-state index in [0.29, 0.717) is 41.8 Å². The molecule has 0 amide bonds. The Labute approximate surface area is 260 Å². The number of anilines is 1. The van der Waals surface area contributed by atoms with Gasteiger partial charge in [0.2, 0.25) is 0 Å². The lowest BCUT2D eigenvalue weighted by molar-refractivity contribution is 0.107. The second-order valence-corrected chi connectivity index (χ2v) is 13.4. The van der Waals surface area contributed by atoms with Gasteiger partial charge in [-0.25, -0.2) is 8.78 Å². The molecular formula is C34H36ClF2N5O2. The molecule has 7 nitrogen and oxygen atoms in total. The van der Waals surface area contributed by atoms with Crippen molar-refractivity contribution in [1.82, 2.24) is 20.2 Å². The largest absolute Gasteiger partial charge is 0.508 e. The van der Waals surface area contributed by atoms with Gasteiger partial charge in [-0.1, -0.05) is 36.7 Å². The number of aryl methyl sites for hydroxylation is 1. The Morgan fingerprint density at radius 2 is 1.95 bits per heavy atom. The van der Waals surface area contributed by atoms with Gasteiger partial charge in [0.05, 0.1) is 10.6 Å². The number of ether oxygens (including phenoxy) is 1. The second kappa shape index (κ2) is 10.7. The van der Waals surface area contributed by atoms with Crippen molar-refractivity contribution in [2.45, 2.75) is 69.2 Å². The van der Waals surface area contributed by atoms with E-state index in [1.807, 2.05) is 25.1 Å². The highest BCUT2D eigenvalue weighted by Crippen LogP contribution is 2.44. The number of fused-ring (bicyclic) bond motifs is 5. The number of aromatic hydroxyl groups is 1. The number of rotatable bonds is 6. The number of halogens is 3. The zero-order valence-electron chi connectivity index (χ0n) is 24.8. The van der Waals surface area contributed by atoms with E-state index in [2.05, 4.69) is 20.1 Å². The number of piperazine rings is 1. The van der Waals surface area contributed by atoms with Crippen molar-refractivity contribution in [3.05, 3.63) is 52.8 Å². The lowest BCUT2D eigenvalue weighted by atomic mass is 9.92. The van der Waals surface area contributed by atoms with Crippen molar-refractivity contribution >= 4 is 39.1 Å². The van der Waals surface area contributed by atoms with Crippen LogP contribution in [0.15, 0.2) is 36.4 Å². The van der Waals surface area contributed by atoms with Crippen LogP contribution in [0.25, 0.3) is 32.8 Å². The summed E-state index contributed by atoms with van der Waals surface area (Å²) in [6.07, 6.45) is 4.30.